The SMILES string of the molecule is CC1CCC(NC(=O)c2ccc(Cn3nc(N4CCN(c5ccccc5)CC4)ccc3=O)o2)CC1. The van der Waals surface area contributed by atoms with E-state index in [0.29, 0.717) is 5.76 Å². The Kier molecular flexibility index (Phi) is 6.88. The first-order valence-corrected chi connectivity index (χ1v) is 12.6. The minimum Gasteiger partial charge on any atom is -0.454 e. The van der Waals surface area contributed by atoms with E-state index >= 15 is 0 Å². The highest BCUT2D eigenvalue weighted by Crippen LogP contribution is 2.24. The highest BCUT2D eigenvalue weighted by Gasteiger charge is 2.22. The molecule has 0 unspecified atom stereocenters. The fraction of sp³-hybridized carbons (Fsp3) is 0.444. The summed E-state index contributed by atoms with van der Waals surface area (Å²) in [6, 6.07) is 17.3. The van der Waals surface area contributed by atoms with Crippen LogP contribution < -0.4 is 20.7 Å². The molecule has 1 N–H and O–H groups in total. The van der Waals surface area contributed by atoms with E-state index in [4.69, 9.17) is 4.42 Å². The maximum atomic E-state index is 12.6. The minimum absolute atomic E-state index is 0.185. The van der Waals surface area contributed by atoms with Crippen molar-refractivity contribution in [3.8, 4) is 0 Å². The highest BCUT2D eigenvalue weighted by atomic mass is 16.4. The van der Waals surface area contributed by atoms with Crippen molar-refractivity contribution in [1.82, 2.24) is 15.1 Å². The number of benzene rings is 1. The van der Waals surface area contributed by atoms with Crippen LogP contribution in [0.25, 0.3) is 0 Å². The number of aromatic nitrogens is 2. The number of piperazine rings is 1. The average Bonchev–Trinajstić information content (AvgIpc) is 3.36. The van der Waals surface area contributed by atoms with Crippen molar-refractivity contribution < 1.29 is 9.21 Å². The molecule has 0 bridgehead atoms. The van der Waals surface area contributed by atoms with E-state index in [2.05, 4.69) is 51.4 Å². The van der Waals surface area contributed by atoms with E-state index < -0.39 is 0 Å². The van der Waals surface area contributed by atoms with E-state index in [1.807, 2.05) is 6.07 Å². The number of amides is 1. The monoisotopic (exact) mass is 475 g/mol. The summed E-state index contributed by atoms with van der Waals surface area (Å²) < 4.78 is 7.19. The number of para-hydroxylation sites is 1. The van der Waals surface area contributed by atoms with Crippen LogP contribution in [0, 0.1) is 5.92 Å². The van der Waals surface area contributed by atoms with E-state index in [1.165, 1.54) is 10.4 Å². The molecule has 1 amide bonds. The van der Waals surface area contributed by atoms with Gasteiger partial charge < -0.3 is 19.5 Å². The van der Waals surface area contributed by atoms with Gasteiger partial charge in [0.2, 0.25) is 0 Å². The van der Waals surface area contributed by atoms with Gasteiger partial charge >= 0.3 is 0 Å². The lowest BCUT2D eigenvalue weighted by Gasteiger charge is -2.36. The second-order valence-electron chi connectivity index (χ2n) is 9.69. The van der Waals surface area contributed by atoms with Gasteiger partial charge in [0.25, 0.3) is 11.5 Å². The van der Waals surface area contributed by atoms with Gasteiger partial charge in [0.15, 0.2) is 5.76 Å². The van der Waals surface area contributed by atoms with Crippen molar-refractivity contribution in [3.05, 3.63) is 76.5 Å². The fourth-order valence-corrected chi connectivity index (χ4v) is 4.95. The van der Waals surface area contributed by atoms with Gasteiger partial charge in [-0.05, 0) is 61.9 Å². The Labute approximate surface area is 205 Å². The quantitative estimate of drug-likeness (QED) is 0.587. The lowest BCUT2D eigenvalue weighted by molar-refractivity contribution is 0.0892. The second kappa shape index (κ2) is 10.4. The van der Waals surface area contributed by atoms with Gasteiger partial charge in [-0.25, -0.2) is 4.68 Å². The number of furan rings is 1. The number of carbonyl (C=O) groups excluding carboxylic acids is 1. The Balaban J connectivity index is 1.20. The first-order valence-electron chi connectivity index (χ1n) is 12.6. The lowest BCUT2D eigenvalue weighted by atomic mass is 9.87. The average molecular weight is 476 g/mol. The van der Waals surface area contributed by atoms with Crippen LogP contribution >= 0.6 is 0 Å². The number of hydrogen-bond donors (Lipinski definition) is 1. The van der Waals surface area contributed by atoms with Gasteiger partial charge in [0, 0.05) is 44.0 Å². The van der Waals surface area contributed by atoms with Crippen LogP contribution in [-0.2, 0) is 6.54 Å². The molecule has 1 saturated carbocycles. The maximum Gasteiger partial charge on any atom is 0.287 e. The van der Waals surface area contributed by atoms with E-state index in [9.17, 15) is 9.59 Å². The molecule has 3 heterocycles. The summed E-state index contributed by atoms with van der Waals surface area (Å²) in [7, 11) is 0. The van der Waals surface area contributed by atoms with Crippen molar-refractivity contribution >= 4 is 17.4 Å². The Morgan fingerprint density at radius 2 is 1.66 bits per heavy atom. The molecule has 1 saturated heterocycles. The molecule has 3 aromatic rings. The molecular weight excluding hydrogens is 442 g/mol. The normalized spacial score (nSPS) is 20.6. The molecule has 184 valence electrons. The summed E-state index contributed by atoms with van der Waals surface area (Å²) in [5.41, 5.74) is 1.02. The Bertz CT molecular complexity index is 1190. The zero-order valence-electron chi connectivity index (χ0n) is 20.2. The molecule has 0 atom stereocenters. The number of carbonyl (C=O) groups is 1. The van der Waals surface area contributed by atoms with Crippen LogP contribution in [0.15, 0.2) is 63.8 Å². The predicted molar refractivity (Wildman–Crippen MR) is 136 cm³/mol. The van der Waals surface area contributed by atoms with Crippen molar-refractivity contribution in [2.75, 3.05) is 36.0 Å². The molecule has 1 aliphatic carbocycles. The molecule has 2 aliphatic rings. The number of rotatable bonds is 6. The van der Waals surface area contributed by atoms with Gasteiger partial charge in [-0.15, -0.1) is 0 Å². The largest absolute Gasteiger partial charge is 0.454 e. The van der Waals surface area contributed by atoms with Crippen LogP contribution in [0.4, 0.5) is 11.5 Å². The summed E-state index contributed by atoms with van der Waals surface area (Å²) in [4.78, 5) is 29.6. The summed E-state index contributed by atoms with van der Waals surface area (Å²) in [5, 5.41) is 7.68. The minimum atomic E-state index is -0.199. The van der Waals surface area contributed by atoms with E-state index in [1.54, 1.807) is 24.3 Å². The second-order valence-corrected chi connectivity index (χ2v) is 9.69. The third-order valence-electron chi connectivity index (χ3n) is 7.12. The van der Waals surface area contributed by atoms with Crippen molar-refractivity contribution in [3.63, 3.8) is 0 Å². The fourth-order valence-electron chi connectivity index (χ4n) is 4.95. The number of hydrogen-bond acceptors (Lipinski definition) is 6. The van der Waals surface area contributed by atoms with Crippen LogP contribution in [0.3, 0.4) is 0 Å². The number of nitrogens with zero attached hydrogens (tertiary/aromatic N) is 4. The zero-order valence-corrected chi connectivity index (χ0v) is 20.2. The molecule has 8 heteroatoms. The molecule has 8 nitrogen and oxygen atoms in total. The molecule has 2 fully saturated rings. The van der Waals surface area contributed by atoms with Crippen molar-refractivity contribution in [2.24, 2.45) is 5.92 Å². The molecule has 1 aliphatic heterocycles. The summed E-state index contributed by atoms with van der Waals surface area (Å²) in [6.45, 7) is 5.87. The lowest BCUT2D eigenvalue weighted by Crippen LogP contribution is -2.47. The van der Waals surface area contributed by atoms with Gasteiger partial charge in [-0.3, -0.25) is 9.59 Å². The van der Waals surface area contributed by atoms with Crippen molar-refractivity contribution in [2.45, 2.75) is 45.2 Å². The molecule has 35 heavy (non-hydrogen) atoms. The molecule has 0 spiro atoms. The Hall–Kier alpha value is -3.55. The molecule has 1 aromatic carbocycles. The number of nitrogens with one attached hydrogen (secondary N) is 1. The summed E-state index contributed by atoms with van der Waals surface area (Å²) in [6.07, 6.45) is 4.29. The summed E-state index contributed by atoms with van der Waals surface area (Å²) >= 11 is 0. The third kappa shape index (κ3) is 5.58. The predicted octanol–water partition coefficient (Wildman–Crippen LogP) is 3.52. The smallest absolute Gasteiger partial charge is 0.287 e. The van der Waals surface area contributed by atoms with Gasteiger partial charge in [0.1, 0.15) is 18.1 Å². The molecular formula is C27H33N5O3. The van der Waals surface area contributed by atoms with Crippen LogP contribution in [-0.4, -0.2) is 47.9 Å². The van der Waals surface area contributed by atoms with Crippen LogP contribution in [0.2, 0.25) is 0 Å². The topological polar surface area (TPSA) is 83.6 Å². The zero-order chi connectivity index (χ0) is 24.2. The van der Waals surface area contributed by atoms with Crippen molar-refractivity contribution in [1.29, 1.82) is 0 Å². The molecule has 5 rings (SSSR count). The first-order chi connectivity index (χ1) is 17.0. The van der Waals surface area contributed by atoms with E-state index in [-0.39, 0.29) is 29.8 Å². The Morgan fingerprint density at radius 3 is 2.40 bits per heavy atom. The molecule has 0 radical (unpaired) electrons. The van der Waals surface area contributed by atoms with E-state index in [0.717, 1.165) is 63.6 Å². The third-order valence-corrected chi connectivity index (χ3v) is 7.12. The van der Waals surface area contributed by atoms with Gasteiger partial charge in [0.05, 0.1) is 0 Å². The highest BCUT2D eigenvalue weighted by molar-refractivity contribution is 5.91. The standard InChI is InChI=1S/C27H33N5O3/c1-20-7-9-21(10-8-20)28-27(34)24-12-11-23(35-24)19-32-26(33)14-13-25(29-32)31-17-15-30(16-18-31)22-5-3-2-4-6-22/h2-6,11-14,20-21H,7-10,15-19H2,1H3,(H,28,34). The number of anilines is 2. The van der Waals surface area contributed by atoms with Crippen LogP contribution in [0.1, 0.15) is 48.9 Å². The maximum absolute atomic E-state index is 12.6. The van der Waals surface area contributed by atoms with Gasteiger partial charge in [-0.1, -0.05) is 25.1 Å². The Morgan fingerprint density at radius 1 is 0.943 bits per heavy atom. The van der Waals surface area contributed by atoms with Gasteiger partial charge in [-0.2, -0.15) is 5.10 Å². The molecule has 2 aromatic heterocycles. The van der Waals surface area contributed by atoms with Crippen LogP contribution in [0.5, 0.6) is 0 Å². The first kappa shape index (κ1) is 23.2. The summed E-state index contributed by atoms with van der Waals surface area (Å²) in [5.74, 6) is 2.12.